The molecular formula is C10H10N2O5. The molecule has 0 saturated carbocycles. The number of nitrogens with one attached hydrogen (secondary N) is 1. The maximum atomic E-state index is 11.1. The van der Waals surface area contributed by atoms with Crippen LogP contribution in [0.5, 0.6) is 0 Å². The molecule has 90 valence electrons. The zero-order valence-corrected chi connectivity index (χ0v) is 8.71. The number of carbonyl (C=O) groups excluding carboxylic acids is 3. The first kappa shape index (κ1) is 12.5. The summed E-state index contributed by atoms with van der Waals surface area (Å²) >= 11 is 0. The highest BCUT2D eigenvalue weighted by Crippen LogP contribution is 2.02. The highest BCUT2D eigenvalue weighted by molar-refractivity contribution is 5.95. The van der Waals surface area contributed by atoms with Gasteiger partial charge in [0, 0.05) is 6.08 Å². The minimum atomic E-state index is -1.00. The van der Waals surface area contributed by atoms with Crippen molar-refractivity contribution in [3.63, 3.8) is 0 Å². The maximum absolute atomic E-state index is 11.1. The van der Waals surface area contributed by atoms with Gasteiger partial charge < -0.3 is 14.9 Å². The summed E-state index contributed by atoms with van der Waals surface area (Å²) in [5.74, 6) is -1.05. The molecule has 0 aromatic carbocycles. The predicted molar refractivity (Wildman–Crippen MR) is 56.4 cm³/mol. The third-order valence-corrected chi connectivity index (χ3v) is 1.54. The molecule has 0 fully saturated rings. The van der Waals surface area contributed by atoms with E-state index in [-0.39, 0.29) is 0 Å². The Balaban J connectivity index is 2.30. The second kappa shape index (κ2) is 6.11. The summed E-state index contributed by atoms with van der Waals surface area (Å²) in [6, 6.07) is 2.30. The van der Waals surface area contributed by atoms with E-state index in [1.807, 2.05) is 0 Å². The normalized spacial score (nSPS) is 10.1. The van der Waals surface area contributed by atoms with Crippen LogP contribution in [0.2, 0.25) is 0 Å². The Hall–Kier alpha value is -2.57. The molecule has 1 heterocycles. The van der Waals surface area contributed by atoms with E-state index >= 15 is 0 Å². The molecule has 1 aromatic heterocycles. The van der Waals surface area contributed by atoms with Crippen molar-refractivity contribution >= 4 is 24.0 Å². The summed E-state index contributed by atoms with van der Waals surface area (Å²) in [6.07, 6.45) is 3.93. The number of imide groups is 1. The lowest BCUT2D eigenvalue weighted by atomic mass is 10.4. The molecule has 17 heavy (non-hydrogen) atoms. The molecule has 0 aliphatic carbocycles. The summed E-state index contributed by atoms with van der Waals surface area (Å²) in [5.41, 5.74) is 4.68. The van der Waals surface area contributed by atoms with E-state index in [2.05, 4.69) is 10.5 Å². The van der Waals surface area contributed by atoms with Gasteiger partial charge in [-0.2, -0.15) is 0 Å². The van der Waals surface area contributed by atoms with Gasteiger partial charge in [-0.1, -0.05) is 0 Å². The van der Waals surface area contributed by atoms with Gasteiger partial charge in [-0.25, -0.2) is 9.59 Å². The van der Waals surface area contributed by atoms with Crippen LogP contribution in [0.4, 0.5) is 4.79 Å². The van der Waals surface area contributed by atoms with E-state index in [9.17, 15) is 14.4 Å². The molecule has 0 spiro atoms. The Bertz CT molecular complexity index is 436. The van der Waals surface area contributed by atoms with Crippen LogP contribution in [0.25, 0.3) is 6.08 Å². The largest absolute Gasteiger partial charge is 0.465 e. The lowest BCUT2D eigenvalue weighted by molar-refractivity contribution is -0.143. The number of urea groups is 1. The topological polar surface area (TPSA) is 112 Å². The fraction of sp³-hybridized carbons (Fsp3) is 0.100. The predicted octanol–water partition coefficient (Wildman–Crippen LogP) is 0.0309. The standard InChI is InChI=1S/C10H10N2O5/c11-10(15)12-8(13)6-17-9(14)4-3-7-2-1-5-16-7/h1-5H,6H2,(H3,11,12,13,15). The van der Waals surface area contributed by atoms with Gasteiger partial charge in [0.1, 0.15) is 5.76 Å². The van der Waals surface area contributed by atoms with Crippen LogP contribution in [0.3, 0.4) is 0 Å². The summed E-state index contributed by atoms with van der Waals surface area (Å²) < 4.78 is 9.44. The van der Waals surface area contributed by atoms with Gasteiger partial charge in [-0.3, -0.25) is 10.1 Å². The summed E-state index contributed by atoms with van der Waals surface area (Å²) in [4.78, 5) is 32.2. The fourth-order valence-electron chi connectivity index (χ4n) is 0.895. The number of rotatable bonds is 4. The van der Waals surface area contributed by atoms with Crippen molar-refractivity contribution in [1.82, 2.24) is 5.32 Å². The van der Waals surface area contributed by atoms with E-state index in [0.29, 0.717) is 5.76 Å². The highest BCUT2D eigenvalue weighted by Gasteiger charge is 2.06. The molecule has 7 nitrogen and oxygen atoms in total. The van der Waals surface area contributed by atoms with E-state index in [4.69, 9.17) is 4.42 Å². The van der Waals surface area contributed by atoms with Crippen LogP contribution in [0.15, 0.2) is 28.9 Å². The van der Waals surface area contributed by atoms with Gasteiger partial charge in [0.25, 0.3) is 5.91 Å². The minimum Gasteiger partial charge on any atom is -0.465 e. The SMILES string of the molecule is NC(=O)NC(=O)COC(=O)C=Cc1ccco1. The number of amides is 3. The Kier molecular flexibility index (Phi) is 4.49. The number of nitrogens with two attached hydrogens (primary N) is 1. The second-order valence-corrected chi connectivity index (χ2v) is 2.87. The third-order valence-electron chi connectivity index (χ3n) is 1.54. The summed E-state index contributed by atoms with van der Waals surface area (Å²) in [6.45, 7) is -0.579. The maximum Gasteiger partial charge on any atom is 0.331 e. The Labute approximate surface area is 96.2 Å². The first-order chi connectivity index (χ1) is 8.08. The molecule has 1 rings (SSSR count). The van der Waals surface area contributed by atoms with Crippen molar-refractivity contribution in [1.29, 1.82) is 0 Å². The molecule has 3 N–H and O–H groups in total. The van der Waals surface area contributed by atoms with Gasteiger partial charge in [-0.15, -0.1) is 0 Å². The first-order valence-corrected chi connectivity index (χ1v) is 4.55. The molecule has 7 heteroatoms. The number of carbonyl (C=O) groups is 3. The molecule has 0 atom stereocenters. The number of hydrogen-bond acceptors (Lipinski definition) is 5. The number of ether oxygens (including phenoxy) is 1. The monoisotopic (exact) mass is 238 g/mol. The van der Waals surface area contributed by atoms with E-state index in [1.54, 1.807) is 17.4 Å². The molecule has 0 saturated heterocycles. The van der Waals surface area contributed by atoms with Crippen molar-refractivity contribution in [3.05, 3.63) is 30.2 Å². The molecular weight excluding hydrogens is 228 g/mol. The average molecular weight is 238 g/mol. The van der Waals surface area contributed by atoms with Crippen LogP contribution in [-0.2, 0) is 14.3 Å². The Morgan fingerprint density at radius 1 is 1.47 bits per heavy atom. The van der Waals surface area contributed by atoms with Crippen molar-refractivity contribution < 1.29 is 23.5 Å². The van der Waals surface area contributed by atoms with Crippen molar-refractivity contribution in [3.8, 4) is 0 Å². The minimum absolute atomic E-state index is 0.475. The summed E-state index contributed by atoms with van der Waals surface area (Å²) in [7, 11) is 0. The third kappa shape index (κ3) is 5.17. The molecule has 0 unspecified atom stereocenters. The lowest BCUT2D eigenvalue weighted by Crippen LogP contribution is -2.37. The molecule has 1 aromatic rings. The number of primary amides is 1. The molecule has 0 aliphatic rings. The van der Waals surface area contributed by atoms with Gasteiger partial charge in [-0.05, 0) is 18.2 Å². The lowest BCUT2D eigenvalue weighted by Gasteiger charge is -2.00. The van der Waals surface area contributed by atoms with E-state index in [0.717, 1.165) is 6.08 Å². The smallest absolute Gasteiger partial charge is 0.331 e. The zero-order valence-electron chi connectivity index (χ0n) is 8.71. The second-order valence-electron chi connectivity index (χ2n) is 2.87. The van der Waals surface area contributed by atoms with Gasteiger partial charge in [0.05, 0.1) is 6.26 Å². The molecule has 3 amide bonds. The number of esters is 1. The number of hydrogen-bond donors (Lipinski definition) is 2. The molecule has 0 radical (unpaired) electrons. The van der Waals surface area contributed by atoms with Crippen molar-refractivity contribution in [2.45, 2.75) is 0 Å². The Morgan fingerprint density at radius 3 is 2.82 bits per heavy atom. The van der Waals surface area contributed by atoms with Gasteiger partial charge in [0.15, 0.2) is 6.61 Å². The van der Waals surface area contributed by atoms with Crippen LogP contribution in [0.1, 0.15) is 5.76 Å². The van der Waals surface area contributed by atoms with E-state index in [1.165, 1.54) is 12.3 Å². The van der Waals surface area contributed by atoms with Crippen LogP contribution in [0, 0.1) is 0 Å². The number of furan rings is 1. The van der Waals surface area contributed by atoms with E-state index < -0.39 is 24.5 Å². The van der Waals surface area contributed by atoms with Crippen molar-refractivity contribution in [2.24, 2.45) is 5.73 Å². The molecule has 0 aliphatic heterocycles. The van der Waals surface area contributed by atoms with Crippen LogP contribution >= 0.6 is 0 Å². The van der Waals surface area contributed by atoms with Crippen molar-refractivity contribution in [2.75, 3.05) is 6.61 Å². The zero-order chi connectivity index (χ0) is 12.7. The van der Waals surface area contributed by atoms with Gasteiger partial charge >= 0.3 is 12.0 Å². The highest BCUT2D eigenvalue weighted by atomic mass is 16.5. The summed E-state index contributed by atoms with van der Waals surface area (Å²) in [5, 5.41) is 1.75. The van der Waals surface area contributed by atoms with Crippen LogP contribution in [-0.4, -0.2) is 24.5 Å². The Morgan fingerprint density at radius 2 is 2.24 bits per heavy atom. The van der Waals surface area contributed by atoms with Gasteiger partial charge in [0.2, 0.25) is 0 Å². The molecule has 0 bridgehead atoms. The quantitative estimate of drug-likeness (QED) is 0.567. The van der Waals surface area contributed by atoms with Crippen LogP contribution < -0.4 is 11.1 Å². The fourth-order valence-corrected chi connectivity index (χ4v) is 0.895. The average Bonchev–Trinajstić information content (AvgIpc) is 2.75. The first-order valence-electron chi connectivity index (χ1n) is 4.55.